The van der Waals surface area contributed by atoms with E-state index in [4.69, 9.17) is 0 Å². The van der Waals surface area contributed by atoms with Gasteiger partial charge in [0.1, 0.15) is 11.5 Å². The average Bonchev–Trinajstić information content (AvgIpc) is 3.50. The fraction of sp³-hybridized carbons (Fsp3) is 0.391. The van der Waals surface area contributed by atoms with Gasteiger partial charge in [-0.05, 0) is 30.9 Å². The van der Waals surface area contributed by atoms with E-state index in [9.17, 15) is 19.5 Å². The van der Waals surface area contributed by atoms with Gasteiger partial charge in [-0.2, -0.15) is 9.61 Å². The highest BCUT2D eigenvalue weighted by atomic mass is 16.3. The molecule has 1 saturated carbocycles. The summed E-state index contributed by atoms with van der Waals surface area (Å²) in [4.78, 5) is 48.2. The maximum Gasteiger partial charge on any atom is 0.270 e. The molecule has 0 atom stereocenters. The van der Waals surface area contributed by atoms with E-state index in [2.05, 4.69) is 20.4 Å². The summed E-state index contributed by atoms with van der Waals surface area (Å²) < 4.78 is 2.59. The number of likely N-dealkylation sites (N-methyl/N-ethyl adjacent to an activating group) is 1. The highest BCUT2D eigenvalue weighted by Crippen LogP contribution is 2.23. The van der Waals surface area contributed by atoms with Crippen molar-refractivity contribution < 1.29 is 14.7 Å². The molecule has 3 heterocycles. The minimum Gasteiger partial charge on any atom is -0.492 e. The monoisotopic (exact) mass is 465 g/mol. The van der Waals surface area contributed by atoms with Crippen molar-refractivity contribution in [2.24, 2.45) is 5.92 Å². The molecule has 0 unspecified atom stereocenters. The van der Waals surface area contributed by atoms with Gasteiger partial charge in [-0.1, -0.05) is 13.8 Å². The minimum absolute atomic E-state index is 0.0287. The summed E-state index contributed by atoms with van der Waals surface area (Å²) in [5.41, 5.74) is -0.175. The van der Waals surface area contributed by atoms with Gasteiger partial charge in [0.05, 0.1) is 12.7 Å². The molecule has 11 heteroatoms. The van der Waals surface area contributed by atoms with E-state index in [-0.39, 0.29) is 30.0 Å². The molecule has 0 aliphatic heterocycles. The van der Waals surface area contributed by atoms with Crippen LogP contribution < -0.4 is 10.9 Å². The van der Waals surface area contributed by atoms with Crippen molar-refractivity contribution in [3.8, 4) is 5.88 Å². The molecule has 0 aromatic carbocycles. The van der Waals surface area contributed by atoms with Gasteiger partial charge in [-0.15, -0.1) is 0 Å². The Morgan fingerprint density at radius 3 is 2.65 bits per heavy atom. The highest BCUT2D eigenvalue weighted by Gasteiger charge is 2.29. The molecular formula is C23H27N7O4. The van der Waals surface area contributed by atoms with Crippen LogP contribution in [0.1, 0.15) is 48.4 Å². The Hall–Kier alpha value is -4.02. The summed E-state index contributed by atoms with van der Waals surface area (Å²) in [6.07, 6.45) is 9.25. The Labute approximate surface area is 195 Å². The lowest BCUT2D eigenvalue weighted by atomic mass is 10.2. The van der Waals surface area contributed by atoms with Crippen LogP contribution in [0, 0.1) is 5.92 Å². The number of hydrogen-bond acceptors (Lipinski definition) is 7. The van der Waals surface area contributed by atoms with Gasteiger partial charge >= 0.3 is 0 Å². The van der Waals surface area contributed by atoms with Crippen LogP contribution in [0.25, 0.3) is 11.7 Å². The third-order valence-corrected chi connectivity index (χ3v) is 5.38. The molecule has 1 aliphatic carbocycles. The van der Waals surface area contributed by atoms with Gasteiger partial charge in [-0.25, -0.2) is 9.97 Å². The van der Waals surface area contributed by atoms with Crippen molar-refractivity contribution in [1.82, 2.24) is 34.4 Å². The lowest BCUT2D eigenvalue weighted by Crippen LogP contribution is -2.36. The zero-order valence-corrected chi connectivity index (χ0v) is 19.3. The number of nitrogens with zero attached hydrogens (tertiary/aromatic N) is 6. The molecule has 1 aliphatic rings. The van der Waals surface area contributed by atoms with E-state index in [0.29, 0.717) is 23.6 Å². The van der Waals surface area contributed by atoms with Crippen molar-refractivity contribution in [1.29, 1.82) is 0 Å². The van der Waals surface area contributed by atoms with Gasteiger partial charge in [-0.3, -0.25) is 19.0 Å². The molecule has 0 spiro atoms. The lowest BCUT2D eigenvalue weighted by molar-refractivity contribution is -0.125. The van der Waals surface area contributed by atoms with Gasteiger partial charge in [0.25, 0.3) is 11.5 Å². The molecule has 0 bridgehead atoms. The number of rotatable bonds is 8. The summed E-state index contributed by atoms with van der Waals surface area (Å²) >= 11 is 0. The first kappa shape index (κ1) is 23.1. The van der Waals surface area contributed by atoms with Crippen LogP contribution in [0.2, 0.25) is 0 Å². The average molecular weight is 466 g/mol. The fourth-order valence-electron chi connectivity index (χ4n) is 3.54. The largest absolute Gasteiger partial charge is 0.492 e. The van der Waals surface area contributed by atoms with E-state index in [1.807, 2.05) is 13.8 Å². The summed E-state index contributed by atoms with van der Waals surface area (Å²) in [6, 6.07) is 1.73. The van der Waals surface area contributed by atoms with Gasteiger partial charge in [0.15, 0.2) is 5.56 Å². The number of hydrogen-bond donors (Lipinski definition) is 2. The number of aromatic hydroxyl groups is 1. The lowest BCUT2D eigenvalue weighted by Gasteiger charge is -2.15. The van der Waals surface area contributed by atoms with Crippen molar-refractivity contribution in [2.45, 2.75) is 45.8 Å². The van der Waals surface area contributed by atoms with Gasteiger partial charge in [0.2, 0.25) is 11.8 Å². The summed E-state index contributed by atoms with van der Waals surface area (Å²) in [5, 5.41) is 17.7. The number of carbonyl (C=O) groups excluding carboxylic acids is 2. The number of fused-ring (bicyclic) bond motifs is 1. The standard InChI is InChI=1S/C23H27N7O4/c1-14(2)12-29-21-15(5-8-18(31)28(3)13-17-24-9-4-10-25-17)11-26-30(21)23(34)19(22(29)33)20(32)27-16-6-7-16/h4-5,8-11,14,16,34H,6-7,12-13H2,1-3H3,(H,27,32)/b8-5+. The Kier molecular flexibility index (Phi) is 6.44. The normalized spacial score (nSPS) is 13.6. The molecule has 3 aromatic rings. The molecule has 1 fully saturated rings. The second-order valence-electron chi connectivity index (χ2n) is 8.78. The smallest absolute Gasteiger partial charge is 0.270 e. The van der Waals surface area contributed by atoms with Crippen LogP contribution in [0.3, 0.4) is 0 Å². The van der Waals surface area contributed by atoms with Crippen LogP contribution in [0.4, 0.5) is 0 Å². The second kappa shape index (κ2) is 9.46. The molecule has 3 aromatic heterocycles. The second-order valence-corrected chi connectivity index (χ2v) is 8.78. The van der Waals surface area contributed by atoms with Crippen molar-refractivity contribution in [2.75, 3.05) is 7.05 Å². The number of amides is 2. The van der Waals surface area contributed by atoms with Gasteiger partial charge in [0, 0.05) is 43.7 Å². The Bertz CT molecular complexity index is 1310. The Morgan fingerprint density at radius 1 is 1.29 bits per heavy atom. The molecule has 34 heavy (non-hydrogen) atoms. The third kappa shape index (κ3) is 4.82. The summed E-state index contributed by atoms with van der Waals surface area (Å²) in [7, 11) is 1.63. The van der Waals surface area contributed by atoms with Crippen LogP contribution in [-0.2, 0) is 17.9 Å². The van der Waals surface area contributed by atoms with Crippen molar-refractivity contribution >= 4 is 23.5 Å². The molecule has 0 radical (unpaired) electrons. The number of carbonyl (C=O) groups is 2. The third-order valence-electron chi connectivity index (χ3n) is 5.38. The van der Waals surface area contributed by atoms with Crippen LogP contribution >= 0.6 is 0 Å². The molecular weight excluding hydrogens is 438 g/mol. The number of aromatic nitrogens is 5. The molecule has 178 valence electrons. The highest BCUT2D eigenvalue weighted by molar-refractivity contribution is 5.97. The van der Waals surface area contributed by atoms with Crippen molar-refractivity contribution in [3.05, 3.63) is 58.0 Å². The quantitative estimate of drug-likeness (QED) is 0.478. The SMILES string of the molecule is CC(C)Cn1c(=O)c(C(=O)NC2CC2)c(O)n2ncc(/C=C/C(=O)N(C)Cc3ncccn3)c12. The number of nitrogens with one attached hydrogen (secondary N) is 1. The molecule has 11 nitrogen and oxygen atoms in total. The van der Waals surface area contributed by atoms with Gasteiger partial charge < -0.3 is 15.3 Å². The minimum atomic E-state index is -0.614. The molecule has 4 rings (SSSR count). The topological polar surface area (TPSA) is 135 Å². The molecule has 0 saturated heterocycles. The Balaban J connectivity index is 1.68. The summed E-state index contributed by atoms with van der Waals surface area (Å²) in [6.45, 7) is 4.42. The Morgan fingerprint density at radius 2 is 2.00 bits per heavy atom. The molecule has 2 N–H and O–H groups in total. The first-order chi connectivity index (χ1) is 16.3. The van der Waals surface area contributed by atoms with Crippen LogP contribution in [-0.4, -0.2) is 59.1 Å². The summed E-state index contributed by atoms with van der Waals surface area (Å²) in [5.74, 6) is -0.847. The van der Waals surface area contributed by atoms with E-state index in [0.717, 1.165) is 17.4 Å². The predicted octanol–water partition coefficient (Wildman–Crippen LogP) is 1.21. The van der Waals surface area contributed by atoms with Crippen LogP contribution in [0.5, 0.6) is 5.88 Å². The van der Waals surface area contributed by atoms with E-state index in [1.54, 1.807) is 25.5 Å². The maximum atomic E-state index is 13.3. The first-order valence-corrected chi connectivity index (χ1v) is 11.1. The van der Waals surface area contributed by atoms with E-state index in [1.165, 1.54) is 27.8 Å². The van der Waals surface area contributed by atoms with E-state index >= 15 is 0 Å². The maximum absolute atomic E-state index is 13.3. The fourth-order valence-corrected chi connectivity index (χ4v) is 3.54. The van der Waals surface area contributed by atoms with Crippen LogP contribution in [0.15, 0.2) is 35.5 Å². The molecule has 2 amide bonds. The first-order valence-electron chi connectivity index (χ1n) is 11.1. The predicted molar refractivity (Wildman–Crippen MR) is 124 cm³/mol. The van der Waals surface area contributed by atoms with Crippen molar-refractivity contribution in [3.63, 3.8) is 0 Å². The van der Waals surface area contributed by atoms with E-state index < -0.39 is 17.3 Å². The zero-order chi connectivity index (χ0) is 24.4. The zero-order valence-electron chi connectivity index (χ0n) is 19.3.